The molecule has 0 bridgehead atoms. The molecule has 0 spiro atoms. The smallest absolute Gasteiger partial charge is 0.251 e. The highest BCUT2D eigenvalue weighted by Crippen LogP contribution is 2.24. The van der Waals surface area contributed by atoms with Gasteiger partial charge in [-0.15, -0.1) is 11.3 Å². The molecule has 1 aliphatic heterocycles. The lowest BCUT2D eigenvalue weighted by atomic mass is 10.1. The normalized spacial score (nSPS) is 13.7. The molecule has 6 heteroatoms. The highest BCUT2D eigenvalue weighted by Gasteiger charge is 2.16. The van der Waals surface area contributed by atoms with Gasteiger partial charge in [-0.2, -0.15) is 0 Å². The van der Waals surface area contributed by atoms with Gasteiger partial charge in [-0.1, -0.05) is 18.2 Å². The molecule has 0 radical (unpaired) electrons. The molecule has 5 nitrogen and oxygen atoms in total. The number of nitrogens with one attached hydrogen (secondary N) is 1. The molecule has 4 rings (SSSR count). The molecule has 3 heterocycles. The van der Waals surface area contributed by atoms with E-state index >= 15 is 0 Å². The predicted octanol–water partition coefficient (Wildman–Crippen LogP) is 4.04. The van der Waals surface area contributed by atoms with Gasteiger partial charge in [0.15, 0.2) is 0 Å². The molecule has 1 fully saturated rings. The SMILES string of the molecule is Cc1cc(CNC(=O)c2ccc(-c3cccs3)cc2)nc(N2CCCC2)n1. The minimum atomic E-state index is -0.0910. The number of rotatable bonds is 5. The Morgan fingerprint density at radius 2 is 1.93 bits per heavy atom. The largest absolute Gasteiger partial charge is 0.346 e. The van der Waals surface area contributed by atoms with E-state index in [4.69, 9.17) is 0 Å². The monoisotopic (exact) mass is 378 g/mol. The number of nitrogens with zero attached hydrogens (tertiary/aromatic N) is 3. The molecule has 27 heavy (non-hydrogen) atoms. The zero-order valence-corrected chi connectivity index (χ0v) is 16.1. The fourth-order valence-corrected chi connectivity index (χ4v) is 4.00. The summed E-state index contributed by atoms with van der Waals surface area (Å²) in [5, 5.41) is 5.02. The lowest BCUT2D eigenvalue weighted by Gasteiger charge is -2.16. The molecule has 1 saturated heterocycles. The summed E-state index contributed by atoms with van der Waals surface area (Å²) in [6.07, 6.45) is 2.37. The van der Waals surface area contributed by atoms with Crippen molar-refractivity contribution >= 4 is 23.2 Å². The molecule has 0 saturated carbocycles. The van der Waals surface area contributed by atoms with Crippen molar-refractivity contribution in [1.29, 1.82) is 0 Å². The Balaban J connectivity index is 1.41. The topological polar surface area (TPSA) is 58.1 Å². The van der Waals surface area contributed by atoms with Gasteiger partial charge in [0.1, 0.15) is 0 Å². The number of amides is 1. The van der Waals surface area contributed by atoms with Crippen molar-refractivity contribution < 1.29 is 4.79 Å². The summed E-state index contributed by atoms with van der Waals surface area (Å²) in [4.78, 5) is 25.1. The van der Waals surface area contributed by atoms with Gasteiger partial charge in [0.05, 0.1) is 12.2 Å². The highest BCUT2D eigenvalue weighted by molar-refractivity contribution is 7.13. The van der Waals surface area contributed by atoms with Gasteiger partial charge in [0.25, 0.3) is 5.91 Å². The molecule has 2 aromatic heterocycles. The number of aromatic nitrogens is 2. The molecule has 0 unspecified atom stereocenters. The Hall–Kier alpha value is -2.73. The van der Waals surface area contributed by atoms with Crippen molar-refractivity contribution in [1.82, 2.24) is 15.3 Å². The number of benzene rings is 1. The number of aryl methyl sites for hydroxylation is 1. The Bertz CT molecular complexity index is 916. The molecule has 1 N–H and O–H groups in total. The summed E-state index contributed by atoms with van der Waals surface area (Å²) in [5.41, 5.74) is 3.55. The summed E-state index contributed by atoms with van der Waals surface area (Å²) in [6, 6.07) is 13.7. The van der Waals surface area contributed by atoms with E-state index in [0.29, 0.717) is 12.1 Å². The van der Waals surface area contributed by atoms with E-state index in [1.54, 1.807) is 11.3 Å². The van der Waals surface area contributed by atoms with Crippen molar-refractivity contribution in [3.63, 3.8) is 0 Å². The Kier molecular flexibility index (Phi) is 5.16. The maximum atomic E-state index is 12.5. The molecule has 138 valence electrons. The van der Waals surface area contributed by atoms with E-state index in [1.807, 2.05) is 43.3 Å². The third kappa shape index (κ3) is 4.17. The van der Waals surface area contributed by atoms with Crippen molar-refractivity contribution in [2.75, 3.05) is 18.0 Å². The lowest BCUT2D eigenvalue weighted by Crippen LogP contribution is -2.25. The Morgan fingerprint density at radius 1 is 1.15 bits per heavy atom. The number of hydrogen-bond donors (Lipinski definition) is 1. The number of hydrogen-bond acceptors (Lipinski definition) is 5. The Morgan fingerprint density at radius 3 is 2.63 bits per heavy atom. The molecule has 1 aromatic carbocycles. The first-order chi connectivity index (χ1) is 13.2. The van der Waals surface area contributed by atoms with Gasteiger partial charge in [0, 0.05) is 29.2 Å². The van der Waals surface area contributed by atoms with Crippen LogP contribution in [0.2, 0.25) is 0 Å². The second kappa shape index (κ2) is 7.88. The molecule has 3 aromatic rings. The van der Waals surface area contributed by atoms with Crippen LogP contribution in [0.5, 0.6) is 0 Å². The number of thiophene rings is 1. The first kappa shape index (κ1) is 17.7. The average Bonchev–Trinajstić information content (AvgIpc) is 3.40. The Labute approximate surface area is 163 Å². The van der Waals surface area contributed by atoms with Crippen molar-refractivity contribution in [2.24, 2.45) is 0 Å². The second-order valence-electron chi connectivity index (χ2n) is 6.73. The molecule has 0 aliphatic carbocycles. The van der Waals surface area contributed by atoms with Crippen LogP contribution in [0.1, 0.15) is 34.6 Å². The van der Waals surface area contributed by atoms with Crippen molar-refractivity contribution in [3.8, 4) is 10.4 Å². The molecule has 0 atom stereocenters. The zero-order chi connectivity index (χ0) is 18.6. The predicted molar refractivity (Wildman–Crippen MR) is 109 cm³/mol. The first-order valence-electron chi connectivity index (χ1n) is 9.21. The minimum Gasteiger partial charge on any atom is -0.346 e. The summed E-state index contributed by atoms with van der Waals surface area (Å²) in [5.74, 6) is 0.684. The van der Waals surface area contributed by atoms with E-state index in [1.165, 1.54) is 17.7 Å². The van der Waals surface area contributed by atoms with Crippen LogP contribution in [-0.2, 0) is 6.54 Å². The minimum absolute atomic E-state index is 0.0910. The van der Waals surface area contributed by atoms with Crippen LogP contribution < -0.4 is 10.2 Å². The van der Waals surface area contributed by atoms with E-state index in [-0.39, 0.29) is 5.91 Å². The summed E-state index contributed by atoms with van der Waals surface area (Å²) < 4.78 is 0. The van der Waals surface area contributed by atoms with Gasteiger partial charge >= 0.3 is 0 Å². The number of carbonyl (C=O) groups excluding carboxylic acids is 1. The summed E-state index contributed by atoms with van der Waals surface area (Å²) >= 11 is 1.69. The highest BCUT2D eigenvalue weighted by atomic mass is 32.1. The van der Waals surface area contributed by atoms with Crippen molar-refractivity contribution in [2.45, 2.75) is 26.3 Å². The van der Waals surface area contributed by atoms with Crippen molar-refractivity contribution in [3.05, 3.63) is 64.8 Å². The van der Waals surface area contributed by atoms with Crippen LogP contribution in [0.4, 0.5) is 5.95 Å². The van der Waals surface area contributed by atoms with Crippen LogP contribution in [-0.4, -0.2) is 29.0 Å². The van der Waals surface area contributed by atoms with Gasteiger partial charge < -0.3 is 10.2 Å². The summed E-state index contributed by atoms with van der Waals surface area (Å²) in [7, 11) is 0. The van der Waals surface area contributed by atoms with E-state index in [9.17, 15) is 4.79 Å². The first-order valence-corrected chi connectivity index (χ1v) is 10.1. The fourth-order valence-electron chi connectivity index (χ4n) is 3.27. The third-order valence-electron chi connectivity index (χ3n) is 4.67. The van der Waals surface area contributed by atoms with E-state index in [0.717, 1.165) is 36.0 Å². The zero-order valence-electron chi connectivity index (χ0n) is 15.3. The molecule has 1 amide bonds. The van der Waals surface area contributed by atoms with Gasteiger partial charge in [-0.25, -0.2) is 9.97 Å². The van der Waals surface area contributed by atoms with Crippen LogP contribution in [0.3, 0.4) is 0 Å². The maximum Gasteiger partial charge on any atom is 0.251 e. The lowest BCUT2D eigenvalue weighted by molar-refractivity contribution is 0.0950. The second-order valence-corrected chi connectivity index (χ2v) is 7.68. The van der Waals surface area contributed by atoms with E-state index in [2.05, 4.69) is 31.6 Å². The summed E-state index contributed by atoms with van der Waals surface area (Å²) in [6.45, 7) is 4.38. The standard InChI is InChI=1S/C21H22N4OS/c1-15-13-18(24-21(23-15)25-10-2-3-11-25)14-22-20(26)17-8-6-16(7-9-17)19-5-4-12-27-19/h4-9,12-13H,2-3,10-11,14H2,1H3,(H,22,26). The average molecular weight is 379 g/mol. The molecule has 1 aliphatic rings. The molecular formula is C21H22N4OS. The van der Waals surface area contributed by atoms with Crippen LogP contribution in [0, 0.1) is 6.92 Å². The van der Waals surface area contributed by atoms with Gasteiger partial charge in [-0.05, 0) is 55.0 Å². The van der Waals surface area contributed by atoms with Gasteiger partial charge in [-0.3, -0.25) is 4.79 Å². The quantitative estimate of drug-likeness (QED) is 0.728. The molecular weight excluding hydrogens is 356 g/mol. The third-order valence-corrected chi connectivity index (χ3v) is 5.59. The fraction of sp³-hybridized carbons (Fsp3) is 0.286. The van der Waals surface area contributed by atoms with Gasteiger partial charge in [0.2, 0.25) is 5.95 Å². The maximum absolute atomic E-state index is 12.5. The van der Waals surface area contributed by atoms with Crippen LogP contribution >= 0.6 is 11.3 Å². The van der Waals surface area contributed by atoms with E-state index < -0.39 is 0 Å². The number of carbonyl (C=O) groups is 1. The van der Waals surface area contributed by atoms with Crippen LogP contribution in [0.25, 0.3) is 10.4 Å². The number of anilines is 1. The van der Waals surface area contributed by atoms with Crippen LogP contribution in [0.15, 0.2) is 47.8 Å².